The van der Waals surface area contributed by atoms with Crippen molar-refractivity contribution in [3.63, 3.8) is 0 Å². The van der Waals surface area contributed by atoms with E-state index in [9.17, 15) is 14.4 Å². The number of anilines is 1. The van der Waals surface area contributed by atoms with E-state index < -0.39 is 18.5 Å². The lowest BCUT2D eigenvalue weighted by molar-refractivity contribution is -0.142. The second-order valence-electron chi connectivity index (χ2n) is 5.73. The van der Waals surface area contributed by atoms with Crippen molar-refractivity contribution in [1.29, 1.82) is 0 Å². The Balaban J connectivity index is 1.88. The van der Waals surface area contributed by atoms with Crippen LogP contribution in [0.3, 0.4) is 0 Å². The number of rotatable bonds is 8. The van der Waals surface area contributed by atoms with Crippen LogP contribution in [0.5, 0.6) is 11.5 Å². The normalized spacial score (nSPS) is 10.3. The van der Waals surface area contributed by atoms with Crippen LogP contribution in [0.1, 0.15) is 15.9 Å². The number of esters is 1. The minimum atomic E-state index is -0.681. The smallest absolute Gasteiger partial charge is 0.331 e. The first-order chi connectivity index (χ1) is 14.0. The molecule has 0 atom stereocenters. The topological polar surface area (TPSA) is 103 Å². The Labute approximate surface area is 168 Å². The van der Waals surface area contributed by atoms with Crippen molar-refractivity contribution in [3.8, 4) is 11.5 Å². The van der Waals surface area contributed by atoms with Crippen molar-refractivity contribution in [2.24, 2.45) is 0 Å². The summed E-state index contributed by atoms with van der Waals surface area (Å²) in [5.74, 6) is -0.392. The van der Waals surface area contributed by atoms with Crippen LogP contribution in [-0.2, 0) is 14.3 Å². The monoisotopic (exact) mass is 398 g/mol. The van der Waals surface area contributed by atoms with Gasteiger partial charge in [-0.1, -0.05) is 12.1 Å². The molecule has 2 aromatic carbocycles. The third-order valence-corrected chi connectivity index (χ3v) is 3.84. The van der Waals surface area contributed by atoms with E-state index in [1.165, 1.54) is 33.4 Å². The van der Waals surface area contributed by atoms with Crippen LogP contribution in [0, 0.1) is 0 Å². The van der Waals surface area contributed by atoms with E-state index in [4.69, 9.17) is 14.2 Å². The molecule has 0 aromatic heterocycles. The van der Waals surface area contributed by atoms with Crippen LogP contribution in [0.25, 0.3) is 6.08 Å². The molecule has 0 fully saturated rings. The number of nitrogens with one attached hydrogen (secondary N) is 2. The van der Waals surface area contributed by atoms with E-state index in [0.717, 1.165) is 0 Å². The number of hydrogen-bond acceptors (Lipinski definition) is 6. The summed E-state index contributed by atoms with van der Waals surface area (Å²) in [6.07, 6.45) is 2.71. The summed E-state index contributed by atoms with van der Waals surface area (Å²) in [5, 5.41) is 5.09. The lowest BCUT2D eigenvalue weighted by Gasteiger charge is -2.09. The van der Waals surface area contributed by atoms with Gasteiger partial charge >= 0.3 is 5.97 Å². The Bertz CT molecular complexity index is 906. The van der Waals surface area contributed by atoms with Gasteiger partial charge in [-0.2, -0.15) is 0 Å². The summed E-state index contributed by atoms with van der Waals surface area (Å²) in [4.78, 5) is 35.3. The molecule has 0 aliphatic carbocycles. The van der Waals surface area contributed by atoms with Crippen molar-refractivity contribution in [2.45, 2.75) is 0 Å². The summed E-state index contributed by atoms with van der Waals surface area (Å²) >= 11 is 0. The zero-order valence-electron chi connectivity index (χ0n) is 16.4. The second kappa shape index (κ2) is 10.5. The highest BCUT2D eigenvalue weighted by Gasteiger charge is 2.09. The minimum absolute atomic E-state index is 0.226. The predicted molar refractivity (Wildman–Crippen MR) is 108 cm³/mol. The first-order valence-corrected chi connectivity index (χ1v) is 8.66. The summed E-state index contributed by atoms with van der Waals surface area (Å²) < 4.78 is 15.4. The highest BCUT2D eigenvalue weighted by Crippen LogP contribution is 2.31. The van der Waals surface area contributed by atoms with E-state index >= 15 is 0 Å². The van der Waals surface area contributed by atoms with Gasteiger partial charge in [-0.05, 0) is 36.4 Å². The van der Waals surface area contributed by atoms with Crippen molar-refractivity contribution in [1.82, 2.24) is 5.32 Å². The van der Waals surface area contributed by atoms with Gasteiger partial charge in [0, 0.05) is 29.9 Å². The van der Waals surface area contributed by atoms with Crippen LogP contribution in [0.2, 0.25) is 0 Å². The average molecular weight is 398 g/mol. The first-order valence-electron chi connectivity index (χ1n) is 8.66. The molecule has 0 unspecified atom stereocenters. The number of hydrogen-bond donors (Lipinski definition) is 2. The van der Waals surface area contributed by atoms with E-state index in [0.29, 0.717) is 28.3 Å². The Morgan fingerprint density at radius 1 is 1.00 bits per heavy atom. The lowest BCUT2D eigenvalue weighted by atomic mass is 10.1. The standard InChI is InChI=1S/C21H22N2O6/c1-22-21(26)15-7-10-16(11-8-15)23-18(24)13-29-19(25)12-9-14-5-4-6-17(27-2)20(14)28-3/h4-12H,13H2,1-3H3,(H,22,26)(H,23,24)/b12-9+. The van der Waals surface area contributed by atoms with Gasteiger partial charge in [0.1, 0.15) is 0 Å². The maximum absolute atomic E-state index is 11.9. The fraction of sp³-hybridized carbons (Fsp3) is 0.190. The molecule has 152 valence electrons. The average Bonchev–Trinajstić information content (AvgIpc) is 2.75. The highest BCUT2D eigenvalue weighted by molar-refractivity contribution is 5.96. The van der Waals surface area contributed by atoms with Crippen LogP contribution < -0.4 is 20.1 Å². The van der Waals surface area contributed by atoms with E-state index in [2.05, 4.69) is 10.6 Å². The third kappa shape index (κ3) is 6.10. The van der Waals surface area contributed by atoms with Gasteiger partial charge in [0.25, 0.3) is 11.8 Å². The van der Waals surface area contributed by atoms with Gasteiger partial charge in [-0.25, -0.2) is 4.79 Å². The molecular weight excluding hydrogens is 376 g/mol. The van der Waals surface area contributed by atoms with Gasteiger partial charge in [0.05, 0.1) is 14.2 Å². The number of methoxy groups -OCH3 is 2. The number of carbonyl (C=O) groups is 3. The van der Waals surface area contributed by atoms with Gasteiger partial charge in [-0.15, -0.1) is 0 Å². The summed E-state index contributed by atoms with van der Waals surface area (Å²) in [7, 11) is 4.55. The van der Waals surface area contributed by atoms with Gasteiger partial charge in [-0.3, -0.25) is 9.59 Å². The molecule has 0 saturated heterocycles. The predicted octanol–water partition coefficient (Wildman–Crippen LogP) is 2.26. The molecule has 0 radical (unpaired) electrons. The van der Waals surface area contributed by atoms with E-state index in [1.807, 2.05) is 0 Å². The van der Waals surface area contributed by atoms with Crippen molar-refractivity contribution < 1.29 is 28.6 Å². The number of amides is 2. The second-order valence-corrected chi connectivity index (χ2v) is 5.73. The molecule has 8 nitrogen and oxygen atoms in total. The number of ether oxygens (including phenoxy) is 3. The molecule has 29 heavy (non-hydrogen) atoms. The Morgan fingerprint density at radius 3 is 2.34 bits per heavy atom. The molecule has 0 aliphatic heterocycles. The Kier molecular flexibility index (Phi) is 7.78. The van der Waals surface area contributed by atoms with Crippen LogP contribution in [0.4, 0.5) is 5.69 Å². The third-order valence-electron chi connectivity index (χ3n) is 3.84. The first kappa shape index (κ1) is 21.5. The zero-order chi connectivity index (χ0) is 21.2. The molecule has 2 aromatic rings. The van der Waals surface area contributed by atoms with E-state index in [1.54, 1.807) is 42.5 Å². The quantitative estimate of drug-likeness (QED) is 0.522. The minimum Gasteiger partial charge on any atom is -0.493 e. The van der Waals surface area contributed by atoms with Crippen LogP contribution in [-0.4, -0.2) is 45.7 Å². The number of carbonyl (C=O) groups excluding carboxylic acids is 3. The zero-order valence-corrected chi connectivity index (χ0v) is 16.4. The maximum atomic E-state index is 11.9. The highest BCUT2D eigenvalue weighted by atomic mass is 16.5. The molecule has 0 aliphatic rings. The Morgan fingerprint density at radius 2 is 1.72 bits per heavy atom. The summed E-state index contributed by atoms with van der Waals surface area (Å²) in [5.41, 5.74) is 1.58. The maximum Gasteiger partial charge on any atom is 0.331 e. The van der Waals surface area contributed by atoms with E-state index in [-0.39, 0.29) is 5.91 Å². The number of benzene rings is 2. The summed E-state index contributed by atoms with van der Waals surface area (Å²) in [6.45, 7) is -0.449. The fourth-order valence-electron chi connectivity index (χ4n) is 2.43. The molecular formula is C21H22N2O6. The van der Waals surface area contributed by atoms with Crippen LogP contribution in [0.15, 0.2) is 48.5 Å². The van der Waals surface area contributed by atoms with Crippen molar-refractivity contribution in [2.75, 3.05) is 33.2 Å². The molecule has 0 saturated carbocycles. The van der Waals surface area contributed by atoms with Crippen molar-refractivity contribution >= 4 is 29.5 Å². The van der Waals surface area contributed by atoms with Crippen molar-refractivity contribution in [3.05, 3.63) is 59.7 Å². The molecule has 0 heterocycles. The molecule has 2 rings (SSSR count). The van der Waals surface area contributed by atoms with Gasteiger partial charge in [0.15, 0.2) is 18.1 Å². The summed E-state index contributed by atoms with van der Waals surface area (Å²) in [6, 6.07) is 11.6. The number of para-hydroxylation sites is 1. The van der Waals surface area contributed by atoms with Gasteiger partial charge < -0.3 is 24.8 Å². The largest absolute Gasteiger partial charge is 0.493 e. The van der Waals surface area contributed by atoms with Crippen LogP contribution >= 0.6 is 0 Å². The lowest BCUT2D eigenvalue weighted by Crippen LogP contribution is -2.20. The molecule has 0 spiro atoms. The molecule has 2 amide bonds. The molecule has 2 N–H and O–H groups in total. The van der Waals surface area contributed by atoms with Gasteiger partial charge in [0.2, 0.25) is 0 Å². The fourth-order valence-corrected chi connectivity index (χ4v) is 2.43. The molecule has 8 heteroatoms. The molecule has 0 bridgehead atoms. The SMILES string of the molecule is CNC(=O)c1ccc(NC(=O)COC(=O)/C=C/c2cccc(OC)c2OC)cc1. The Hall–Kier alpha value is -3.81.